The highest BCUT2D eigenvalue weighted by atomic mass is 32.1. The standard InChI is InChI=1S/C8H7N7OS/c1-3-5(17-8(9)11-3)7-12-6(14-16-7)4-2-10-15-13-4/h2H,1H3,(H2,9,11)(H,10,13,15). The zero-order chi connectivity index (χ0) is 11.8. The monoisotopic (exact) mass is 249 g/mol. The van der Waals surface area contributed by atoms with Gasteiger partial charge < -0.3 is 10.3 Å². The Hall–Kier alpha value is -2.29. The van der Waals surface area contributed by atoms with Gasteiger partial charge in [0.25, 0.3) is 5.89 Å². The van der Waals surface area contributed by atoms with E-state index in [4.69, 9.17) is 10.3 Å². The molecule has 0 bridgehead atoms. The van der Waals surface area contributed by atoms with E-state index in [9.17, 15) is 0 Å². The van der Waals surface area contributed by atoms with Crippen LogP contribution in [-0.2, 0) is 0 Å². The molecule has 0 aliphatic carbocycles. The Labute approximate surface area is 98.9 Å². The SMILES string of the molecule is Cc1nc(N)sc1-c1nc(-c2cn[nH]n2)no1. The molecule has 17 heavy (non-hydrogen) atoms. The summed E-state index contributed by atoms with van der Waals surface area (Å²) in [4.78, 5) is 9.07. The van der Waals surface area contributed by atoms with E-state index in [1.54, 1.807) is 0 Å². The number of H-pyrrole nitrogens is 1. The molecule has 3 aromatic rings. The maximum absolute atomic E-state index is 5.61. The number of aryl methyl sites for hydroxylation is 1. The molecule has 3 N–H and O–H groups in total. The third-order valence-electron chi connectivity index (χ3n) is 2.08. The molecule has 0 unspecified atom stereocenters. The molecular weight excluding hydrogens is 242 g/mol. The first-order chi connectivity index (χ1) is 8.24. The first kappa shape index (κ1) is 9.90. The van der Waals surface area contributed by atoms with E-state index >= 15 is 0 Å². The van der Waals surface area contributed by atoms with Crippen LogP contribution in [0.2, 0.25) is 0 Å². The third-order valence-corrected chi connectivity index (χ3v) is 3.05. The van der Waals surface area contributed by atoms with Crippen LogP contribution in [-0.4, -0.2) is 30.5 Å². The second-order valence-electron chi connectivity index (χ2n) is 3.25. The van der Waals surface area contributed by atoms with Crippen molar-refractivity contribution in [3.05, 3.63) is 11.9 Å². The first-order valence-electron chi connectivity index (χ1n) is 4.67. The summed E-state index contributed by atoms with van der Waals surface area (Å²) in [5, 5.41) is 14.3. The van der Waals surface area contributed by atoms with Crippen LogP contribution in [0.25, 0.3) is 22.3 Å². The zero-order valence-electron chi connectivity index (χ0n) is 8.71. The molecule has 0 aromatic carbocycles. The van der Waals surface area contributed by atoms with Crippen molar-refractivity contribution in [3.63, 3.8) is 0 Å². The molecule has 0 atom stereocenters. The van der Waals surface area contributed by atoms with Gasteiger partial charge in [-0.3, -0.25) is 0 Å². The Balaban J connectivity index is 2.03. The molecule has 86 valence electrons. The number of hydrogen-bond acceptors (Lipinski definition) is 8. The number of nitrogen functional groups attached to an aromatic ring is 1. The second-order valence-corrected chi connectivity index (χ2v) is 4.28. The second kappa shape index (κ2) is 3.63. The number of nitrogens with two attached hydrogens (primary N) is 1. The van der Waals surface area contributed by atoms with Crippen molar-refractivity contribution in [1.82, 2.24) is 30.5 Å². The zero-order valence-corrected chi connectivity index (χ0v) is 9.52. The molecule has 0 saturated heterocycles. The number of aromatic amines is 1. The predicted octanol–water partition coefficient (Wildman–Crippen LogP) is 0.869. The summed E-state index contributed by atoms with van der Waals surface area (Å²) >= 11 is 1.30. The molecule has 0 amide bonds. The van der Waals surface area contributed by atoms with Crippen LogP contribution in [0.4, 0.5) is 5.13 Å². The van der Waals surface area contributed by atoms with E-state index in [-0.39, 0.29) is 0 Å². The van der Waals surface area contributed by atoms with Gasteiger partial charge in [-0.1, -0.05) is 16.5 Å². The molecule has 9 heteroatoms. The van der Waals surface area contributed by atoms with Crippen molar-refractivity contribution in [1.29, 1.82) is 0 Å². The van der Waals surface area contributed by atoms with Crippen molar-refractivity contribution in [2.24, 2.45) is 0 Å². The molecule has 8 nitrogen and oxygen atoms in total. The van der Waals surface area contributed by atoms with Gasteiger partial charge in [0.1, 0.15) is 4.88 Å². The lowest BCUT2D eigenvalue weighted by Gasteiger charge is -1.86. The van der Waals surface area contributed by atoms with Crippen LogP contribution < -0.4 is 5.73 Å². The molecule has 0 radical (unpaired) electrons. The lowest BCUT2D eigenvalue weighted by Crippen LogP contribution is -1.82. The quantitative estimate of drug-likeness (QED) is 0.691. The largest absolute Gasteiger partial charge is 0.375 e. The van der Waals surface area contributed by atoms with Crippen LogP contribution in [0.1, 0.15) is 5.69 Å². The fourth-order valence-corrected chi connectivity index (χ4v) is 2.10. The smallest absolute Gasteiger partial charge is 0.270 e. The number of thiazole rings is 1. The average Bonchev–Trinajstić information content (AvgIpc) is 2.97. The Kier molecular flexibility index (Phi) is 2.11. The third kappa shape index (κ3) is 1.65. The Morgan fingerprint density at radius 2 is 2.29 bits per heavy atom. The van der Waals surface area contributed by atoms with Crippen LogP contribution in [0.15, 0.2) is 10.7 Å². The molecular formula is C8H7N7OS. The summed E-state index contributed by atoms with van der Waals surface area (Å²) < 4.78 is 5.14. The lowest BCUT2D eigenvalue weighted by molar-refractivity contribution is 0.432. The maximum Gasteiger partial charge on any atom is 0.270 e. The molecule has 3 aromatic heterocycles. The molecule has 0 fully saturated rings. The van der Waals surface area contributed by atoms with Crippen LogP contribution in [0.5, 0.6) is 0 Å². The Morgan fingerprint density at radius 1 is 1.41 bits per heavy atom. The maximum atomic E-state index is 5.61. The number of nitrogens with one attached hydrogen (secondary N) is 1. The minimum absolute atomic E-state index is 0.375. The molecule has 3 heterocycles. The van der Waals surface area contributed by atoms with Crippen LogP contribution in [0, 0.1) is 6.92 Å². The molecule has 0 saturated carbocycles. The van der Waals surface area contributed by atoms with E-state index in [1.165, 1.54) is 17.5 Å². The van der Waals surface area contributed by atoms with Crippen molar-refractivity contribution < 1.29 is 4.52 Å². The summed E-state index contributed by atoms with van der Waals surface area (Å²) in [7, 11) is 0. The van der Waals surface area contributed by atoms with Gasteiger partial charge in [0.15, 0.2) is 10.8 Å². The summed E-state index contributed by atoms with van der Waals surface area (Å²) in [6.45, 7) is 1.84. The Bertz CT molecular complexity index is 641. The van der Waals surface area contributed by atoms with Gasteiger partial charge in [0, 0.05) is 0 Å². The van der Waals surface area contributed by atoms with Crippen molar-refractivity contribution in [2.75, 3.05) is 5.73 Å². The van der Waals surface area contributed by atoms with Crippen molar-refractivity contribution in [3.8, 4) is 22.3 Å². The van der Waals surface area contributed by atoms with E-state index < -0.39 is 0 Å². The molecule has 0 spiro atoms. The first-order valence-corrected chi connectivity index (χ1v) is 5.49. The summed E-state index contributed by atoms with van der Waals surface area (Å²) in [6, 6.07) is 0. The summed E-state index contributed by atoms with van der Waals surface area (Å²) in [5.41, 5.74) is 6.90. The minimum atomic E-state index is 0.375. The highest BCUT2D eigenvalue weighted by Crippen LogP contribution is 2.30. The van der Waals surface area contributed by atoms with Gasteiger partial charge in [-0.25, -0.2) is 4.98 Å². The van der Waals surface area contributed by atoms with Gasteiger partial charge >= 0.3 is 0 Å². The average molecular weight is 249 g/mol. The number of rotatable bonds is 2. The van der Waals surface area contributed by atoms with E-state index in [2.05, 4.69) is 30.5 Å². The number of anilines is 1. The molecule has 0 aliphatic rings. The highest BCUT2D eigenvalue weighted by Gasteiger charge is 2.17. The fourth-order valence-electron chi connectivity index (χ4n) is 1.34. The van der Waals surface area contributed by atoms with E-state index in [0.717, 1.165) is 10.6 Å². The number of nitrogens with zero attached hydrogens (tertiary/aromatic N) is 5. The summed E-state index contributed by atoms with van der Waals surface area (Å²) in [6.07, 6.45) is 1.52. The highest BCUT2D eigenvalue weighted by molar-refractivity contribution is 7.18. The van der Waals surface area contributed by atoms with Crippen LogP contribution >= 0.6 is 11.3 Å². The normalized spacial score (nSPS) is 10.9. The van der Waals surface area contributed by atoms with Crippen LogP contribution in [0.3, 0.4) is 0 Å². The van der Waals surface area contributed by atoms with Gasteiger partial charge in [-0.05, 0) is 6.92 Å². The van der Waals surface area contributed by atoms with Gasteiger partial charge in [0.2, 0.25) is 5.82 Å². The number of hydrogen-bond donors (Lipinski definition) is 2. The topological polar surface area (TPSA) is 119 Å². The Morgan fingerprint density at radius 3 is 2.94 bits per heavy atom. The van der Waals surface area contributed by atoms with Gasteiger partial charge in [-0.2, -0.15) is 20.4 Å². The van der Waals surface area contributed by atoms with E-state index in [1.807, 2.05) is 6.92 Å². The minimum Gasteiger partial charge on any atom is -0.375 e. The van der Waals surface area contributed by atoms with Crippen molar-refractivity contribution >= 4 is 16.5 Å². The number of aromatic nitrogens is 6. The predicted molar refractivity (Wildman–Crippen MR) is 59.9 cm³/mol. The molecule has 3 rings (SSSR count). The van der Waals surface area contributed by atoms with Gasteiger partial charge in [0.05, 0.1) is 11.9 Å². The fraction of sp³-hybridized carbons (Fsp3) is 0.125. The molecule has 0 aliphatic heterocycles. The lowest BCUT2D eigenvalue weighted by atomic mass is 10.4. The van der Waals surface area contributed by atoms with E-state index in [0.29, 0.717) is 22.5 Å². The van der Waals surface area contributed by atoms with Crippen molar-refractivity contribution in [2.45, 2.75) is 6.92 Å². The van der Waals surface area contributed by atoms with Gasteiger partial charge in [-0.15, -0.1) is 0 Å². The summed E-state index contributed by atoms with van der Waals surface area (Å²) in [5.74, 6) is 0.759.